The van der Waals surface area contributed by atoms with Crippen LogP contribution in [-0.2, 0) is 17.5 Å². The van der Waals surface area contributed by atoms with Gasteiger partial charge in [-0.3, -0.25) is 10.1 Å². The molecular weight excluding hydrogens is 383 g/mol. The van der Waals surface area contributed by atoms with E-state index in [2.05, 4.69) is 5.32 Å². The van der Waals surface area contributed by atoms with E-state index >= 15 is 0 Å². The van der Waals surface area contributed by atoms with Crippen LogP contribution >= 0.6 is 11.6 Å². The zero-order valence-corrected chi connectivity index (χ0v) is 15.5. The number of hydrogen-bond donors (Lipinski definition) is 1. The van der Waals surface area contributed by atoms with Crippen molar-refractivity contribution in [3.05, 3.63) is 63.0 Å². The fourth-order valence-corrected chi connectivity index (χ4v) is 3.11. The fourth-order valence-electron chi connectivity index (χ4n) is 2.89. The number of pyridine rings is 1. The Hall–Kier alpha value is -2.03. The minimum Gasteiger partial charge on any atom is -0.378 e. The predicted molar refractivity (Wildman–Crippen MR) is 97.1 cm³/mol. The number of halogens is 4. The van der Waals surface area contributed by atoms with Gasteiger partial charge in [0.1, 0.15) is 11.3 Å². The molecule has 27 heavy (non-hydrogen) atoms. The molecule has 1 aromatic heterocycles. The van der Waals surface area contributed by atoms with Crippen LogP contribution in [0.15, 0.2) is 41.3 Å². The van der Waals surface area contributed by atoms with Crippen LogP contribution in [0, 0.1) is 0 Å². The van der Waals surface area contributed by atoms with Crippen molar-refractivity contribution in [1.82, 2.24) is 9.88 Å². The normalized spacial score (nSPS) is 20.1. The molecule has 146 valence electrons. The lowest BCUT2D eigenvalue weighted by molar-refractivity contribution is -0.138. The standard InChI is InChI=1S/C18H19ClF3N3O2/c1-24(2)13-5-3-11(4-6-13)16-23-8-14(27-16)10-25-9-12(18(20,21)22)7-15(19)17(25)26/h3-7,9,14,16,23H,8,10H2,1-2H3/t14-,16+/m1/s1. The third-order valence-electron chi connectivity index (χ3n) is 4.34. The molecule has 2 aromatic rings. The summed E-state index contributed by atoms with van der Waals surface area (Å²) < 4.78 is 45.7. The highest BCUT2D eigenvalue weighted by Crippen LogP contribution is 2.30. The average Bonchev–Trinajstić information content (AvgIpc) is 3.06. The van der Waals surface area contributed by atoms with Gasteiger partial charge in [-0.05, 0) is 23.8 Å². The lowest BCUT2D eigenvalue weighted by Gasteiger charge is -2.17. The van der Waals surface area contributed by atoms with Crippen molar-refractivity contribution in [3.63, 3.8) is 0 Å². The first-order chi connectivity index (χ1) is 12.6. The molecule has 9 heteroatoms. The minimum atomic E-state index is -4.58. The molecule has 0 radical (unpaired) electrons. The monoisotopic (exact) mass is 401 g/mol. The number of rotatable bonds is 4. The van der Waals surface area contributed by atoms with Gasteiger partial charge in [0.05, 0.1) is 18.2 Å². The molecular formula is C18H19ClF3N3O2. The van der Waals surface area contributed by atoms with E-state index in [-0.39, 0.29) is 12.8 Å². The number of aromatic nitrogens is 1. The molecule has 5 nitrogen and oxygen atoms in total. The number of nitrogens with one attached hydrogen (secondary N) is 1. The second-order valence-electron chi connectivity index (χ2n) is 6.56. The minimum absolute atomic E-state index is 0.0260. The number of alkyl halides is 3. The Labute approximate surface area is 159 Å². The van der Waals surface area contributed by atoms with Gasteiger partial charge in [0.2, 0.25) is 0 Å². The molecule has 1 aromatic carbocycles. The van der Waals surface area contributed by atoms with Crippen molar-refractivity contribution >= 4 is 17.3 Å². The maximum atomic E-state index is 12.9. The molecule has 1 aliphatic rings. The van der Waals surface area contributed by atoms with Crippen LogP contribution in [0.5, 0.6) is 0 Å². The third-order valence-corrected chi connectivity index (χ3v) is 4.61. The molecule has 1 saturated heterocycles. The van der Waals surface area contributed by atoms with Gasteiger partial charge in [0.25, 0.3) is 5.56 Å². The summed E-state index contributed by atoms with van der Waals surface area (Å²) >= 11 is 5.68. The van der Waals surface area contributed by atoms with Crippen molar-refractivity contribution in [2.75, 3.05) is 25.5 Å². The van der Waals surface area contributed by atoms with Crippen molar-refractivity contribution in [1.29, 1.82) is 0 Å². The summed E-state index contributed by atoms with van der Waals surface area (Å²) in [5, 5.41) is 2.70. The van der Waals surface area contributed by atoms with E-state index in [0.717, 1.165) is 22.0 Å². The number of benzene rings is 1. The lowest BCUT2D eigenvalue weighted by Crippen LogP contribution is -2.29. The van der Waals surface area contributed by atoms with Crippen LogP contribution in [0.4, 0.5) is 18.9 Å². The number of hydrogen-bond acceptors (Lipinski definition) is 4. The summed E-state index contributed by atoms with van der Waals surface area (Å²) in [5.74, 6) is 0. The molecule has 0 amide bonds. The van der Waals surface area contributed by atoms with Crippen molar-refractivity contribution in [2.45, 2.75) is 25.1 Å². The molecule has 0 saturated carbocycles. The molecule has 1 aliphatic heterocycles. The molecule has 0 bridgehead atoms. The van der Waals surface area contributed by atoms with Gasteiger partial charge in [-0.2, -0.15) is 13.2 Å². The predicted octanol–water partition coefficient (Wildman–Crippen LogP) is 3.27. The molecule has 0 spiro atoms. The van der Waals surface area contributed by atoms with E-state index in [1.54, 1.807) is 0 Å². The lowest BCUT2D eigenvalue weighted by atomic mass is 10.2. The molecule has 2 heterocycles. The Kier molecular flexibility index (Phi) is 5.50. The largest absolute Gasteiger partial charge is 0.417 e. The molecule has 1 fully saturated rings. The van der Waals surface area contributed by atoms with E-state index in [1.807, 2.05) is 43.3 Å². The average molecular weight is 402 g/mol. The van der Waals surface area contributed by atoms with Crippen molar-refractivity contribution in [2.24, 2.45) is 0 Å². The van der Waals surface area contributed by atoms with Gasteiger partial charge in [0.15, 0.2) is 0 Å². The summed E-state index contributed by atoms with van der Waals surface area (Å²) in [5.41, 5.74) is 0.303. The first kappa shape index (κ1) is 19.7. The molecule has 0 aliphatic carbocycles. The third kappa shape index (κ3) is 4.45. The van der Waals surface area contributed by atoms with E-state index in [9.17, 15) is 18.0 Å². The highest BCUT2D eigenvalue weighted by molar-refractivity contribution is 6.30. The summed E-state index contributed by atoms with van der Waals surface area (Å²) in [6.45, 7) is 0.377. The summed E-state index contributed by atoms with van der Waals surface area (Å²) in [7, 11) is 3.88. The van der Waals surface area contributed by atoms with Crippen LogP contribution in [0.2, 0.25) is 5.02 Å². The smallest absolute Gasteiger partial charge is 0.378 e. The summed E-state index contributed by atoms with van der Waals surface area (Å²) in [6, 6.07) is 8.38. The topological polar surface area (TPSA) is 46.5 Å². The molecule has 0 unspecified atom stereocenters. The number of anilines is 1. The van der Waals surface area contributed by atoms with Gasteiger partial charge < -0.3 is 14.2 Å². The Morgan fingerprint density at radius 1 is 1.30 bits per heavy atom. The van der Waals surface area contributed by atoms with Gasteiger partial charge >= 0.3 is 6.18 Å². The zero-order chi connectivity index (χ0) is 19.8. The number of ether oxygens (including phenoxy) is 1. The van der Waals surface area contributed by atoms with Crippen LogP contribution in [0.3, 0.4) is 0 Å². The summed E-state index contributed by atoms with van der Waals surface area (Å²) in [6.07, 6.45) is -4.65. The quantitative estimate of drug-likeness (QED) is 0.854. The van der Waals surface area contributed by atoms with Crippen LogP contribution in [-0.4, -0.2) is 31.3 Å². The Morgan fingerprint density at radius 2 is 1.96 bits per heavy atom. The highest BCUT2D eigenvalue weighted by Gasteiger charge is 2.33. The van der Waals surface area contributed by atoms with E-state index in [0.29, 0.717) is 12.6 Å². The molecule has 1 N–H and O–H groups in total. The Bertz CT molecular complexity index is 866. The Balaban J connectivity index is 1.73. The maximum Gasteiger partial charge on any atom is 0.417 e. The first-order valence-electron chi connectivity index (χ1n) is 8.28. The number of nitrogens with zero attached hydrogens (tertiary/aromatic N) is 2. The maximum absolute atomic E-state index is 12.9. The molecule has 2 atom stereocenters. The van der Waals surface area contributed by atoms with Crippen LogP contribution in [0.1, 0.15) is 17.4 Å². The second kappa shape index (κ2) is 7.53. The van der Waals surface area contributed by atoms with Crippen molar-refractivity contribution < 1.29 is 17.9 Å². The zero-order valence-electron chi connectivity index (χ0n) is 14.8. The highest BCUT2D eigenvalue weighted by atomic mass is 35.5. The first-order valence-corrected chi connectivity index (χ1v) is 8.66. The van der Waals surface area contributed by atoms with Gasteiger partial charge in [0, 0.05) is 32.5 Å². The Morgan fingerprint density at radius 3 is 2.56 bits per heavy atom. The van der Waals surface area contributed by atoms with Crippen LogP contribution < -0.4 is 15.8 Å². The van der Waals surface area contributed by atoms with Gasteiger partial charge in [-0.15, -0.1) is 0 Å². The molecule has 3 rings (SSSR count). The SMILES string of the molecule is CN(C)c1ccc([C@H]2NC[C@H](Cn3cc(C(F)(F)F)cc(Cl)c3=O)O2)cc1. The fraction of sp³-hybridized carbons (Fsp3) is 0.389. The van der Waals surface area contributed by atoms with Gasteiger partial charge in [-0.1, -0.05) is 23.7 Å². The van der Waals surface area contributed by atoms with E-state index < -0.39 is 28.4 Å². The van der Waals surface area contributed by atoms with E-state index in [4.69, 9.17) is 16.3 Å². The van der Waals surface area contributed by atoms with E-state index in [1.165, 1.54) is 0 Å². The van der Waals surface area contributed by atoms with Gasteiger partial charge in [-0.25, -0.2) is 0 Å². The second-order valence-corrected chi connectivity index (χ2v) is 6.97. The van der Waals surface area contributed by atoms with Crippen molar-refractivity contribution in [3.8, 4) is 0 Å². The summed E-state index contributed by atoms with van der Waals surface area (Å²) in [4.78, 5) is 14.0. The van der Waals surface area contributed by atoms with Crippen LogP contribution in [0.25, 0.3) is 0 Å².